The van der Waals surface area contributed by atoms with Crippen LogP contribution in [-0.4, -0.2) is 28.4 Å². The summed E-state index contributed by atoms with van der Waals surface area (Å²) in [6.07, 6.45) is 9.12. The lowest BCUT2D eigenvalue weighted by Gasteiger charge is -2.34. The number of aryl methyl sites for hydroxylation is 2. The summed E-state index contributed by atoms with van der Waals surface area (Å²) in [6.45, 7) is 0.781. The van der Waals surface area contributed by atoms with Crippen LogP contribution in [0.25, 0.3) is 0 Å². The number of piperidine rings is 1. The Kier molecular flexibility index (Phi) is 4.60. The average Bonchev–Trinajstić information content (AvgIpc) is 2.77. The molecule has 1 amide bonds. The zero-order chi connectivity index (χ0) is 14.8. The van der Waals surface area contributed by atoms with E-state index in [-0.39, 0.29) is 11.9 Å². The van der Waals surface area contributed by atoms with Gasteiger partial charge in [-0.3, -0.25) is 4.79 Å². The van der Waals surface area contributed by atoms with Gasteiger partial charge in [0.1, 0.15) is 0 Å². The van der Waals surface area contributed by atoms with Gasteiger partial charge in [-0.2, -0.15) is 0 Å². The Morgan fingerprint density at radius 3 is 2.86 bits per heavy atom. The van der Waals surface area contributed by atoms with E-state index in [0.717, 1.165) is 43.5 Å². The predicted octanol–water partition coefficient (Wildman–Crippen LogP) is 3.30. The summed E-state index contributed by atoms with van der Waals surface area (Å²) < 4.78 is 0. The third-order valence-electron chi connectivity index (χ3n) is 4.55. The number of thiocarbonyl (C=S) groups is 1. The molecule has 114 valence electrons. The minimum absolute atomic E-state index is 0.0526. The molecular formula is C16H22N2OS2. The van der Waals surface area contributed by atoms with E-state index in [1.165, 1.54) is 29.7 Å². The van der Waals surface area contributed by atoms with E-state index < -0.39 is 0 Å². The van der Waals surface area contributed by atoms with Crippen LogP contribution in [0.1, 0.15) is 58.6 Å². The van der Waals surface area contributed by atoms with E-state index in [9.17, 15) is 4.79 Å². The Labute approximate surface area is 135 Å². The van der Waals surface area contributed by atoms with Crippen molar-refractivity contribution in [2.45, 2.75) is 57.4 Å². The second kappa shape index (κ2) is 6.44. The second-order valence-corrected chi connectivity index (χ2v) is 7.64. The zero-order valence-electron chi connectivity index (χ0n) is 12.3. The molecule has 5 heteroatoms. The molecule has 1 unspecified atom stereocenters. The SMILES string of the molecule is NC(=S)C1CCCCN1C(=O)c1cc2c(s1)CCCCC2. The van der Waals surface area contributed by atoms with Gasteiger partial charge in [0.05, 0.1) is 15.9 Å². The fourth-order valence-corrected chi connectivity index (χ4v) is 4.84. The fourth-order valence-electron chi connectivity index (χ4n) is 3.38. The summed E-state index contributed by atoms with van der Waals surface area (Å²) in [5.74, 6) is 0.130. The van der Waals surface area contributed by atoms with Gasteiger partial charge in [-0.15, -0.1) is 11.3 Å². The van der Waals surface area contributed by atoms with Crippen LogP contribution in [0.5, 0.6) is 0 Å². The number of hydrogen-bond donors (Lipinski definition) is 1. The van der Waals surface area contributed by atoms with Crippen LogP contribution >= 0.6 is 23.6 Å². The fraction of sp³-hybridized carbons (Fsp3) is 0.625. The minimum Gasteiger partial charge on any atom is -0.392 e. The van der Waals surface area contributed by atoms with Crippen LogP contribution < -0.4 is 5.73 Å². The topological polar surface area (TPSA) is 46.3 Å². The van der Waals surface area contributed by atoms with Gasteiger partial charge in [0.15, 0.2) is 0 Å². The smallest absolute Gasteiger partial charge is 0.264 e. The first-order chi connectivity index (χ1) is 10.2. The molecule has 1 aromatic rings. The van der Waals surface area contributed by atoms with Crippen molar-refractivity contribution in [3.63, 3.8) is 0 Å². The normalized spacial score (nSPS) is 22.5. The summed E-state index contributed by atoms with van der Waals surface area (Å²) in [5, 5.41) is 0. The maximum absolute atomic E-state index is 12.8. The van der Waals surface area contributed by atoms with Gasteiger partial charge in [0, 0.05) is 11.4 Å². The number of amides is 1. The van der Waals surface area contributed by atoms with Crippen molar-refractivity contribution in [1.82, 2.24) is 4.90 Å². The first-order valence-electron chi connectivity index (χ1n) is 7.88. The quantitative estimate of drug-likeness (QED) is 0.671. The standard InChI is InChI=1S/C16H22N2OS2/c17-15(20)12-7-4-5-9-18(12)16(19)14-10-11-6-2-1-3-8-13(11)21-14/h10,12H,1-9H2,(H2,17,20). The molecule has 1 fully saturated rings. The molecule has 3 nitrogen and oxygen atoms in total. The van der Waals surface area contributed by atoms with Gasteiger partial charge in [-0.25, -0.2) is 0 Å². The minimum atomic E-state index is -0.0526. The number of thiophene rings is 1. The van der Waals surface area contributed by atoms with Crippen molar-refractivity contribution in [1.29, 1.82) is 0 Å². The molecule has 1 atom stereocenters. The highest BCUT2D eigenvalue weighted by Crippen LogP contribution is 2.31. The monoisotopic (exact) mass is 322 g/mol. The van der Waals surface area contributed by atoms with Crippen LogP contribution in [0.2, 0.25) is 0 Å². The van der Waals surface area contributed by atoms with E-state index in [1.807, 2.05) is 4.90 Å². The highest BCUT2D eigenvalue weighted by Gasteiger charge is 2.30. The maximum Gasteiger partial charge on any atom is 0.264 e. The number of likely N-dealkylation sites (tertiary alicyclic amines) is 1. The van der Waals surface area contributed by atoms with Crippen molar-refractivity contribution in [3.05, 3.63) is 21.4 Å². The van der Waals surface area contributed by atoms with Crippen LogP contribution in [0, 0.1) is 0 Å². The Bertz CT molecular complexity index is 529. The number of carbonyl (C=O) groups is 1. The second-order valence-electron chi connectivity index (χ2n) is 6.03. The molecule has 1 aliphatic heterocycles. The molecule has 0 radical (unpaired) electrons. The van der Waals surface area contributed by atoms with Crippen molar-refractivity contribution in [2.24, 2.45) is 5.73 Å². The van der Waals surface area contributed by atoms with Gasteiger partial charge < -0.3 is 10.6 Å². The van der Waals surface area contributed by atoms with Crippen LogP contribution in [0.4, 0.5) is 0 Å². The molecule has 21 heavy (non-hydrogen) atoms. The number of fused-ring (bicyclic) bond motifs is 1. The molecule has 3 rings (SSSR count). The summed E-state index contributed by atoms with van der Waals surface area (Å²) in [6, 6.07) is 2.07. The Morgan fingerprint density at radius 1 is 1.24 bits per heavy atom. The van der Waals surface area contributed by atoms with Crippen LogP contribution in [-0.2, 0) is 12.8 Å². The van der Waals surface area contributed by atoms with Crippen LogP contribution in [0.15, 0.2) is 6.07 Å². The molecule has 0 spiro atoms. The Hall–Kier alpha value is -0.940. The molecule has 0 aromatic carbocycles. The van der Waals surface area contributed by atoms with Gasteiger partial charge >= 0.3 is 0 Å². The Morgan fingerprint density at radius 2 is 2.05 bits per heavy atom. The summed E-state index contributed by atoms with van der Waals surface area (Å²) in [4.78, 5) is 17.5. The number of rotatable bonds is 2. The molecule has 1 saturated heterocycles. The highest BCUT2D eigenvalue weighted by molar-refractivity contribution is 7.80. The summed E-state index contributed by atoms with van der Waals surface area (Å²) in [7, 11) is 0. The van der Waals surface area contributed by atoms with E-state index in [1.54, 1.807) is 11.3 Å². The molecule has 0 saturated carbocycles. The molecule has 2 heterocycles. The number of hydrogen-bond acceptors (Lipinski definition) is 3. The maximum atomic E-state index is 12.8. The average molecular weight is 322 g/mol. The summed E-state index contributed by atoms with van der Waals surface area (Å²) >= 11 is 6.84. The first-order valence-corrected chi connectivity index (χ1v) is 9.11. The van der Waals surface area contributed by atoms with Crippen molar-refractivity contribution in [3.8, 4) is 0 Å². The van der Waals surface area contributed by atoms with Crippen molar-refractivity contribution >= 4 is 34.5 Å². The summed E-state index contributed by atoms with van der Waals surface area (Å²) in [5.41, 5.74) is 7.23. The molecule has 0 bridgehead atoms. The highest BCUT2D eigenvalue weighted by atomic mass is 32.1. The third kappa shape index (κ3) is 3.14. The lowest BCUT2D eigenvalue weighted by atomic mass is 10.0. The number of nitrogens with two attached hydrogens (primary N) is 1. The van der Waals surface area contributed by atoms with E-state index in [0.29, 0.717) is 4.99 Å². The van der Waals surface area contributed by atoms with E-state index >= 15 is 0 Å². The van der Waals surface area contributed by atoms with Gasteiger partial charge in [-0.05, 0) is 56.6 Å². The lowest BCUT2D eigenvalue weighted by molar-refractivity contribution is 0.0686. The van der Waals surface area contributed by atoms with Gasteiger partial charge in [-0.1, -0.05) is 18.6 Å². The number of nitrogens with zero attached hydrogens (tertiary/aromatic N) is 1. The lowest BCUT2D eigenvalue weighted by Crippen LogP contribution is -2.49. The van der Waals surface area contributed by atoms with Crippen molar-refractivity contribution in [2.75, 3.05) is 6.54 Å². The number of carbonyl (C=O) groups excluding carboxylic acids is 1. The van der Waals surface area contributed by atoms with Gasteiger partial charge in [0.25, 0.3) is 5.91 Å². The van der Waals surface area contributed by atoms with Crippen LogP contribution in [0.3, 0.4) is 0 Å². The van der Waals surface area contributed by atoms with E-state index in [2.05, 4.69) is 6.07 Å². The molecule has 1 aliphatic carbocycles. The Balaban J connectivity index is 1.82. The molecule has 2 aliphatic rings. The molecule has 1 aromatic heterocycles. The largest absolute Gasteiger partial charge is 0.392 e. The first kappa shape index (κ1) is 15.0. The van der Waals surface area contributed by atoms with Gasteiger partial charge in [0.2, 0.25) is 0 Å². The van der Waals surface area contributed by atoms with Crippen molar-refractivity contribution < 1.29 is 4.79 Å². The van der Waals surface area contributed by atoms with E-state index in [4.69, 9.17) is 18.0 Å². The predicted molar refractivity (Wildman–Crippen MR) is 91.0 cm³/mol. The third-order valence-corrected chi connectivity index (χ3v) is 6.05. The molecule has 2 N–H and O–H groups in total. The molecular weight excluding hydrogens is 300 g/mol. The zero-order valence-corrected chi connectivity index (χ0v) is 13.9.